The third-order valence-electron chi connectivity index (χ3n) is 6.08. The average Bonchev–Trinajstić information content (AvgIpc) is 3.40. The van der Waals surface area contributed by atoms with Gasteiger partial charge in [0.25, 0.3) is 0 Å². The molecular weight excluding hydrogens is 388 g/mol. The normalized spacial score (nSPS) is 19.5. The molecule has 2 aromatic rings. The molecule has 156 valence electrons. The molecule has 1 N–H and O–H groups in total. The topological polar surface area (TPSA) is 84.3 Å². The van der Waals surface area contributed by atoms with Crippen molar-refractivity contribution in [3.63, 3.8) is 0 Å². The second kappa shape index (κ2) is 8.28. The molecule has 0 unspecified atom stereocenters. The Labute approximate surface area is 172 Å². The second-order valence-corrected chi connectivity index (χ2v) is 10.0. The zero-order valence-electron chi connectivity index (χ0n) is 16.8. The van der Waals surface area contributed by atoms with E-state index >= 15 is 0 Å². The highest BCUT2D eigenvalue weighted by Crippen LogP contribution is 2.32. The first-order chi connectivity index (χ1) is 13.9. The smallest absolute Gasteiger partial charge is 0.243 e. The molecule has 1 amide bonds. The van der Waals surface area contributed by atoms with E-state index in [0.717, 1.165) is 24.2 Å². The minimum Gasteiger partial charge on any atom is -0.311 e. The van der Waals surface area contributed by atoms with Gasteiger partial charge in [0.1, 0.15) is 5.82 Å². The van der Waals surface area contributed by atoms with Gasteiger partial charge in [0.05, 0.1) is 17.1 Å². The van der Waals surface area contributed by atoms with Gasteiger partial charge in [-0.15, -0.1) is 0 Å². The second-order valence-electron chi connectivity index (χ2n) is 8.08. The van der Waals surface area contributed by atoms with Gasteiger partial charge in [-0.05, 0) is 44.7 Å². The van der Waals surface area contributed by atoms with E-state index in [-0.39, 0.29) is 11.8 Å². The maximum atomic E-state index is 12.8. The lowest BCUT2D eigenvalue weighted by molar-refractivity contribution is -0.121. The molecule has 0 bridgehead atoms. The first-order valence-corrected chi connectivity index (χ1v) is 11.8. The van der Waals surface area contributed by atoms with E-state index in [1.807, 2.05) is 17.7 Å². The van der Waals surface area contributed by atoms with Crippen LogP contribution in [0, 0.1) is 12.8 Å². The number of aromatic nitrogens is 2. The molecule has 1 aliphatic heterocycles. The molecule has 0 spiro atoms. The van der Waals surface area contributed by atoms with E-state index in [4.69, 9.17) is 0 Å². The van der Waals surface area contributed by atoms with Crippen LogP contribution in [0.15, 0.2) is 41.4 Å². The lowest BCUT2D eigenvalue weighted by Gasteiger charge is -2.30. The van der Waals surface area contributed by atoms with E-state index in [1.165, 1.54) is 17.1 Å². The highest BCUT2D eigenvalue weighted by molar-refractivity contribution is 7.89. The van der Waals surface area contributed by atoms with Crippen LogP contribution in [-0.4, -0.2) is 41.5 Å². The van der Waals surface area contributed by atoms with Crippen molar-refractivity contribution in [2.24, 2.45) is 5.92 Å². The quantitative estimate of drug-likeness (QED) is 0.810. The first-order valence-electron chi connectivity index (χ1n) is 10.4. The van der Waals surface area contributed by atoms with Crippen LogP contribution in [0.2, 0.25) is 0 Å². The summed E-state index contributed by atoms with van der Waals surface area (Å²) in [5, 5.41) is 7.42. The van der Waals surface area contributed by atoms with Gasteiger partial charge in [-0.1, -0.05) is 30.5 Å². The van der Waals surface area contributed by atoms with Crippen LogP contribution >= 0.6 is 0 Å². The number of carbonyl (C=O) groups excluding carboxylic acids is 1. The molecule has 1 saturated carbocycles. The van der Waals surface area contributed by atoms with Crippen LogP contribution in [0.25, 0.3) is 0 Å². The predicted molar refractivity (Wildman–Crippen MR) is 111 cm³/mol. The van der Waals surface area contributed by atoms with Gasteiger partial charge in [-0.2, -0.15) is 9.40 Å². The summed E-state index contributed by atoms with van der Waals surface area (Å²) < 4.78 is 29.1. The Balaban J connectivity index is 1.37. The van der Waals surface area contributed by atoms with Crippen molar-refractivity contribution >= 4 is 21.7 Å². The standard InChI is InChI=1S/C21H28N4O3S/c1-16-6-8-19(9-7-16)29(27,28)24-14-11-17(12-15-24)21(26)23-20-10-13-22-25(20)18-4-2-3-5-18/h6-10,13,17-18H,2-5,11-12,14-15H2,1H3,(H,23,26). The third kappa shape index (κ3) is 4.23. The molecule has 8 heteroatoms. The Kier molecular flexibility index (Phi) is 5.74. The maximum Gasteiger partial charge on any atom is 0.243 e. The number of hydrogen-bond acceptors (Lipinski definition) is 4. The molecule has 4 rings (SSSR count). The van der Waals surface area contributed by atoms with E-state index in [1.54, 1.807) is 30.5 Å². The van der Waals surface area contributed by atoms with Gasteiger partial charge in [0.2, 0.25) is 15.9 Å². The summed E-state index contributed by atoms with van der Waals surface area (Å²) in [7, 11) is -3.51. The number of piperidine rings is 1. The number of amides is 1. The summed E-state index contributed by atoms with van der Waals surface area (Å²) in [6.45, 7) is 2.64. The molecule has 0 atom stereocenters. The Bertz CT molecular complexity index is 954. The van der Waals surface area contributed by atoms with E-state index < -0.39 is 10.0 Å². The number of nitrogens with zero attached hydrogens (tertiary/aromatic N) is 3. The monoisotopic (exact) mass is 416 g/mol. The molecule has 0 radical (unpaired) electrons. The number of rotatable bonds is 5. The van der Waals surface area contributed by atoms with Crippen molar-refractivity contribution < 1.29 is 13.2 Å². The molecule has 1 aliphatic carbocycles. The van der Waals surface area contributed by atoms with E-state index in [2.05, 4.69) is 10.4 Å². The maximum absolute atomic E-state index is 12.8. The van der Waals surface area contributed by atoms with E-state index in [9.17, 15) is 13.2 Å². The Hall–Kier alpha value is -2.19. The summed E-state index contributed by atoms with van der Waals surface area (Å²) >= 11 is 0. The Morgan fingerprint density at radius 3 is 2.34 bits per heavy atom. The molecular formula is C21H28N4O3S. The van der Waals surface area contributed by atoms with Crippen molar-refractivity contribution in [3.8, 4) is 0 Å². The molecule has 1 saturated heterocycles. The fraction of sp³-hybridized carbons (Fsp3) is 0.524. The molecule has 2 aliphatic rings. The summed E-state index contributed by atoms with van der Waals surface area (Å²) in [6.07, 6.45) is 7.37. The number of anilines is 1. The van der Waals surface area contributed by atoms with Crippen LogP contribution in [0.1, 0.15) is 50.1 Å². The molecule has 2 heterocycles. The highest BCUT2D eigenvalue weighted by atomic mass is 32.2. The molecule has 29 heavy (non-hydrogen) atoms. The fourth-order valence-corrected chi connectivity index (χ4v) is 5.77. The number of carbonyl (C=O) groups is 1. The number of sulfonamides is 1. The van der Waals surface area contributed by atoms with Crippen molar-refractivity contribution in [2.75, 3.05) is 18.4 Å². The van der Waals surface area contributed by atoms with Gasteiger partial charge >= 0.3 is 0 Å². The van der Waals surface area contributed by atoms with Crippen molar-refractivity contribution in [2.45, 2.75) is 56.4 Å². The van der Waals surface area contributed by atoms with Gasteiger partial charge in [-0.25, -0.2) is 13.1 Å². The summed E-state index contributed by atoms with van der Waals surface area (Å²) in [4.78, 5) is 13.1. The van der Waals surface area contributed by atoms with E-state index in [0.29, 0.717) is 36.9 Å². The van der Waals surface area contributed by atoms with Gasteiger partial charge in [-0.3, -0.25) is 4.79 Å². The van der Waals surface area contributed by atoms with Crippen LogP contribution in [0.3, 0.4) is 0 Å². The molecule has 2 fully saturated rings. The lowest BCUT2D eigenvalue weighted by Crippen LogP contribution is -2.41. The fourth-order valence-electron chi connectivity index (χ4n) is 4.30. The largest absolute Gasteiger partial charge is 0.311 e. The van der Waals surface area contributed by atoms with Crippen molar-refractivity contribution in [1.82, 2.24) is 14.1 Å². The minimum absolute atomic E-state index is 0.0443. The number of benzene rings is 1. The van der Waals surface area contributed by atoms with Crippen LogP contribution in [0.5, 0.6) is 0 Å². The highest BCUT2D eigenvalue weighted by Gasteiger charge is 2.32. The summed E-state index contributed by atoms with van der Waals surface area (Å²) in [5.41, 5.74) is 1.02. The number of aryl methyl sites for hydroxylation is 1. The first kappa shape index (κ1) is 20.1. The minimum atomic E-state index is -3.51. The molecule has 1 aromatic heterocycles. The molecule has 1 aromatic carbocycles. The van der Waals surface area contributed by atoms with Crippen molar-refractivity contribution in [1.29, 1.82) is 0 Å². The SMILES string of the molecule is Cc1ccc(S(=O)(=O)N2CCC(C(=O)Nc3ccnn3C3CCCC3)CC2)cc1. The van der Waals surface area contributed by atoms with Crippen LogP contribution in [0.4, 0.5) is 5.82 Å². The summed E-state index contributed by atoms with van der Waals surface area (Å²) in [5.74, 6) is 0.514. The summed E-state index contributed by atoms with van der Waals surface area (Å²) in [6, 6.07) is 9.11. The Morgan fingerprint density at radius 2 is 1.69 bits per heavy atom. The third-order valence-corrected chi connectivity index (χ3v) is 7.99. The van der Waals surface area contributed by atoms with Crippen molar-refractivity contribution in [3.05, 3.63) is 42.1 Å². The zero-order chi connectivity index (χ0) is 20.4. The lowest BCUT2D eigenvalue weighted by atomic mass is 9.97. The number of nitrogens with one attached hydrogen (secondary N) is 1. The Morgan fingerprint density at radius 1 is 1.03 bits per heavy atom. The predicted octanol–water partition coefficient (Wildman–Crippen LogP) is 3.35. The molecule has 7 nitrogen and oxygen atoms in total. The average molecular weight is 417 g/mol. The van der Waals surface area contributed by atoms with Crippen LogP contribution in [-0.2, 0) is 14.8 Å². The zero-order valence-corrected chi connectivity index (χ0v) is 17.6. The van der Waals surface area contributed by atoms with Gasteiger partial charge in [0, 0.05) is 25.1 Å². The van der Waals surface area contributed by atoms with Crippen LogP contribution < -0.4 is 5.32 Å². The van der Waals surface area contributed by atoms with Gasteiger partial charge in [0.15, 0.2) is 0 Å². The number of hydrogen-bond donors (Lipinski definition) is 1. The van der Waals surface area contributed by atoms with Gasteiger partial charge < -0.3 is 5.32 Å².